The zero-order chi connectivity index (χ0) is 24.1. The van der Waals surface area contributed by atoms with E-state index < -0.39 is 5.97 Å². The van der Waals surface area contributed by atoms with Crippen LogP contribution in [-0.2, 0) is 0 Å². The Bertz CT molecular complexity index is 1360. The van der Waals surface area contributed by atoms with E-state index in [-0.39, 0.29) is 5.78 Å². The first-order chi connectivity index (χ1) is 16.5. The van der Waals surface area contributed by atoms with E-state index in [0.717, 1.165) is 11.3 Å². The molecule has 0 aliphatic heterocycles. The Morgan fingerprint density at radius 2 is 1.71 bits per heavy atom. The smallest absolute Gasteiger partial charge is 0.347 e. The van der Waals surface area contributed by atoms with Gasteiger partial charge < -0.3 is 18.6 Å². The largest absolute Gasteiger partial charge is 0.497 e. The Balaban J connectivity index is 1.48. The molecule has 0 spiro atoms. The molecule has 0 saturated carbocycles. The second-order valence-electron chi connectivity index (χ2n) is 7.51. The van der Waals surface area contributed by atoms with Gasteiger partial charge in [-0.3, -0.25) is 4.79 Å². The van der Waals surface area contributed by atoms with Gasteiger partial charge in [0.05, 0.1) is 13.7 Å². The minimum Gasteiger partial charge on any atom is -0.497 e. The quantitative estimate of drug-likeness (QED) is 0.135. The molecule has 0 fully saturated rings. The molecule has 4 aromatic rings. The van der Waals surface area contributed by atoms with Crippen molar-refractivity contribution >= 4 is 28.8 Å². The van der Waals surface area contributed by atoms with Crippen molar-refractivity contribution in [3.63, 3.8) is 0 Å². The van der Waals surface area contributed by atoms with Crippen LogP contribution in [0, 0.1) is 6.92 Å². The summed E-state index contributed by atoms with van der Waals surface area (Å²) in [5, 5.41) is 0.628. The number of aryl methyl sites for hydroxylation is 1. The zero-order valence-corrected chi connectivity index (χ0v) is 19.2. The maximum Gasteiger partial charge on any atom is 0.347 e. The van der Waals surface area contributed by atoms with Crippen LogP contribution in [0.3, 0.4) is 0 Å². The normalized spacial score (nSPS) is 11.0. The van der Waals surface area contributed by atoms with Crippen LogP contribution < -0.4 is 14.2 Å². The predicted octanol–water partition coefficient (Wildman–Crippen LogP) is 6.26. The number of fused-ring (bicyclic) bond motifs is 1. The number of furan rings is 1. The second kappa shape index (κ2) is 10.1. The average molecular weight is 456 g/mol. The summed E-state index contributed by atoms with van der Waals surface area (Å²) in [7, 11) is 1.59. The highest BCUT2D eigenvalue weighted by atomic mass is 16.5. The van der Waals surface area contributed by atoms with E-state index in [4.69, 9.17) is 18.6 Å². The van der Waals surface area contributed by atoms with Crippen molar-refractivity contribution in [3.8, 4) is 17.2 Å². The lowest BCUT2D eigenvalue weighted by Gasteiger charge is -2.06. The van der Waals surface area contributed by atoms with Crippen molar-refractivity contribution in [2.24, 2.45) is 0 Å². The molecule has 3 aromatic carbocycles. The lowest BCUT2D eigenvalue weighted by atomic mass is 10.1. The SMILES string of the molecule is CCOc1ccc2oc(C)c(C(=O)Oc3ccc(C(=O)C=Cc4cccc(OC)c4)cc3)c2c1. The number of carbonyl (C=O) groups is 2. The topological polar surface area (TPSA) is 75.0 Å². The molecule has 0 N–H and O–H groups in total. The molecular formula is C28H24O6. The maximum atomic E-state index is 12.9. The molecule has 1 aromatic heterocycles. The number of esters is 1. The molecule has 172 valence electrons. The van der Waals surface area contributed by atoms with Crippen LogP contribution in [0.2, 0.25) is 0 Å². The van der Waals surface area contributed by atoms with Gasteiger partial charge >= 0.3 is 5.97 Å². The molecule has 0 atom stereocenters. The zero-order valence-electron chi connectivity index (χ0n) is 19.2. The maximum absolute atomic E-state index is 12.9. The van der Waals surface area contributed by atoms with Crippen molar-refractivity contribution in [3.05, 3.63) is 95.3 Å². The number of hydrogen-bond donors (Lipinski definition) is 0. The minimum atomic E-state index is -0.540. The molecule has 0 aliphatic carbocycles. The molecule has 34 heavy (non-hydrogen) atoms. The van der Waals surface area contributed by atoms with Crippen molar-refractivity contribution in [2.75, 3.05) is 13.7 Å². The van der Waals surface area contributed by atoms with E-state index in [0.29, 0.717) is 46.0 Å². The van der Waals surface area contributed by atoms with Gasteiger partial charge in [-0.25, -0.2) is 4.79 Å². The van der Waals surface area contributed by atoms with Gasteiger partial charge in [0.2, 0.25) is 0 Å². The molecule has 0 amide bonds. The molecule has 0 bridgehead atoms. The summed E-state index contributed by atoms with van der Waals surface area (Å²) < 4.78 is 22.0. The molecular weight excluding hydrogens is 432 g/mol. The summed E-state index contributed by atoms with van der Waals surface area (Å²) >= 11 is 0. The number of methoxy groups -OCH3 is 1. The van der Waals surface area contributed by atoms with Gasteiger partial charge in [0.15, 0.2) is 5.78 Å². The van der Waals surface area contributed by atoms with E-state index in [1.54, 1.807) is 62.6 Å². The van der Waals surface area contributed by atoms with Gasteiger partial charge in [0, 0.05) is 10.9 Å². The van der Waals surface area contributed by atoms with Crippen LogP contribution in [0.1, 0.15) is 39.0 Å². The van der Waals surface area contributed by atoms with Crippen molar-refractivity contribution in [1.82, 2.24) is 0 Å². The molecule has 0 aliphatic rings. The Morgan fingerprint density at radius 3 is 2.44 bits per heavy atom. The summed E-state index contributed by atoms with van der Waals surface area (Å²) in [5.41, 5.74) is 2.26. The molecule has 4 rings (SSSR count). The third-order valence-electron chi connectivity index (χ3n) is 5.22. The third-order valence-corrected chi connectivity index (χ3v) is 5.22. The molecule has 0 unspecified atom stereocenters. The van der Waals surface area contributed by atoms with Gasteiger partial charge in [0.1, 0.15) is 34.2 Å². The van der Waals surface area contributed by atoms with Gasteiger partial charge in [-0.1, -0.05) is 18.2 Å². The lowest BCUT2D eigenvalue weighted by Crippen LogP contribution is -2.09. The highest BCUT2D eigenvalue weighted by Crippen LogP contribution is 2.30. The fraction of sp³-hybridized carbons (Fsp3) is 0.143. The van der Waals surface area contributed by atoms with Gasteiger partial charge in [-0.05, 0) is 80.1 Å². The summed E-state index contributed by atoms with van der Waals surface area (Å²) in [6.07, 6.45) is 3.22. The first kappa shape index (κ1) is 22.9. The second-order valence-corrected chi connectivity index (χ2v) is 7.51. The van der Waals surface area contributed by atoms with Crippen molar-refractivity contribution in [1.29, 1.82) is 0 Å². The number of ether oxygens (including phenoxy) is 3. The van der Waals surface area contributed by atoms with Gasteiger partial charge in [-0.2, -0.15) is 0 Å². The van der Waals surface area contributed by atoms with Crippen LogP contribution in [0.15, 0.2) is 77.2 Å². The number of ketones is 1. The average Bonchev–Trinajstić information content (AvgIpc) is 3.18. The Morgan fingerprint density at radius 1 is 0.941 bits per heavy atom. The number of benzene rings is 3. The lowest BCUT2D eigenvalue weighted by molar-refractivity contribution is 0.0734. The van der Waals surface area contributed by atoms with E-state index in [9.17, 15) is 9.59 Å². The highest BCUT2D eigenvalue weighted by Gasteiger charge is 2.21. The van der Waals surface area contributed by atoms with Crippen LogP contribution in [0.25, 0.3) is 17.0 Å². The first-order valence-electron chi connectivity index (χ1n) is 10.8. The summed E-state index contributed by atoms with van der Waals surface area (Å²) in [4.78, 5) is 25.4. The van der Waals surface area contributed by atoms with E-state index in [1.165, 1.54) is 6.08 Å². The third kappa shape index (κ3) is 5.02. The van der Waals surface area contributed by atoms with E-state index >= 15 is 0 Å². The monoisotopic (exact) mass is 456 g/mol. The fourth-order valence-corrected chi connectivity index (χ4v) is 3.57. The summed E-state index contributed by atoms with van der Waals surface area (Å²) in [5.74, 6) is 1.45. The van der Waals surface area contributed by atoms with Gasteiger partial charge in [-0.15, -0.1) is 0 Å². The molecule has 6 nitrogen and oxygen atoms in total. The van der Waals surface area contributed by atoms with Gasteiger partial charge in [0.25, 0.3) is 0 Å². The molecule has 0 radical (unpaired) electrons. The highest BCUT2D eigenvalue weighted by molar-refractivity contribution is 6.07. The standard InChI is InChI=1S/C28H24O6/c1-4-32-23-13-15-26-24(17-23)27(18(2)33-26)28(30)34-21-11-9-20(10-12-21)25(29)14-8-19-6-5-7-22(16-19)31-3/h5-17H,4H2,1-3H3. The van der Waals surface area contributed by atoms with Crippen LogP contribution in [-0.4, -0.2) is 25.5 Å². The number of rotatable bonds is 8. The minimum absolute atomic E-state index is 0.166. The van der Waals surface area contributed by atoms with Crippen molar-refractivity contribution < 1.29 is 28.2 Å². The molecule has 6 heteroatoms. The fourth-order valence-electron chi connectivity index (χ4n) is 3.57. The predicted molar refractivity (Wildman–Crippen MR) is 130 cm³/mol. The Hall–Kier alpha value is -4.32. The number of carbonyl (C=O) groups excluding carboxylic acids is 2. The van der Waals surface area contributed by atoms with Crippen LogP contribution in [0.5, 0.6) is 17.2 Å². The number of hydrogen-bond acceptors (Lipinski definition) is 6. The van der Waals surface area contributed by atoms with Crippen LogP contribution in [0.4, 0.5) is 0 Å². The van der Waals surface area contributed by atoms with E-state index in [1.807, 2.05) is 31.2 Å². The van der Waals surface area contributed by atoms with Crippen molar-refractivity contribution in [2.45, 2.75) is 13.8 Å². The number of allylic oxidation sites excluding steroid dienone is 1. The Kier molecular flexibility index (Phi) is 6.78. The Labute approximate surface area is 197 Å². The van der Waals surface area contributed by atoms with E-state index in [2.05, 4.69) is 0 Å². The summed E-state index contributed by atoms with van der Waals surface area (Å²) in [6.45, 7) is 4.12. The first-order valence-corrected chi connectivity index (χ1v) is 10.8. The van der Waals surface area contributed by atoms with Crippen LogP contribution >= 0.6 is 0 Å². The summed E-state index contributed by atoms with van der Waals surface area (Å²) in [6, 6.07) is 19.2. The molecule has 0 saturated heterocycles. The molecule has 1 heterocycles.